The van der Waals surface area contributed by atoms with Crippen molar-refractivity contribution in [3.05, 3.63) is 29.8 Å². The fourth-order valence-corrected chi connectivity index (χ4v) is 1.23. The van der Waals surface area contributed by atoms with Gasteiger partial charge in [0, 0.05) is 5.56 Å². The lowest BCUT2D eigenvalue weighted by Crippen LogP contribution is -2.34. The van der Waals surface area contributed by atoms with Crippen molar-refractivity contribution >= 4 is 18.2 Å². The molecule has 102 valence electrons. The largest absolute Gasteiger partial charge is 0.484 e. The van der Waals surface area contributed by atoms with E-state index in [4.69, 9.17) is 4.74 Å². The fourth-order valence-electron chi connectivity index (χ4n) is 1.23. The molecule has 1 rings (SSSR count). The minimum atomic E-state index is -0.494. The van der Waals surface area contributed by atoms with E-state index >= 15 is 0 Å². The number of hydrogen-bond acceptors (Lipinski definition) is 5. The minimum absolute atomic E-state index is 0.180. The van der Waals surface area contributed by atoms with Crippen molar-refractivity contribution in [1.29, 1.82) is 0 Å². The first-order valence-corrected chi connectivity index (χ1v) is 5.76. The molecule has 0 heterocycles. The predicted molar refractivity (Wildman–Crippen MR) is 67.0 cm³/mol. The van der Waals surface area contributed by atoms with Gasteiger partial charge in [-0.25, -0.2) is 0 Å². The standard InChI is InChI=1S/C13H15NO5/c1-2-18-13(17)7-14-12(16)9-19-11-5-3-10(8-15)4-6-11/h3-6,8H,2,7,9H2,1H3,(H,14,16). The second-order valence-corrected chi connectivity index (χ2v) is 3.56. The van der Waals surface area contributed by atoms with Crippen LogP contribution in [0.15, 0.2) is 24.3 Å². The number of rotatable bonds is 7. The zero-order valence-electron chi connectivity index (χ0n) is 10.5. The van der Waals surface area contributed by atoms with E-state index in [9.17, 15) is 14.4 Å². The molecule has 1 N–H and O–H groups in total. The summed E-state index contributed by atoms with van der Waals surface area (Å²) in [5.74, 6) is -0.449. The van der Waals surface area contributed by atoms with Gasteiger partial charge in [0.05, 0.1) is 6.61 Å². The number of carbonyl (C=O) groups is 3. The van der Waals surface area contributed by atoms with E-state index < -0.39 is 11.9 Å². The lowest BCUT2D eigenvalue weighted by molar-refractivity contribution is -0.143. The summed E-state index contributed by atoms with van der Waals surface area (Å²) in [6, 6.07) is 6.34. The van der Waals surface area contributed by atoms with Gasteiger partial charge in [-0.15, -0.1) is 0 Å². The molecule has 6 heteroatoms. The molecule has 1 amide bonds. The fraction of sp³-hybridized carbons (Fsp3) is 0.308. The highest BCUT2D eigenvalue weighted by Gasteiger charge is 2.06. The van der Waals surface area contributed by atoms with Crippen LogP contribution in [0.2, 0.25) is 0 Å². The van der Waals surface area contributed by atoms with Crippen LogP contribution in [0.25, 0.3) is 0 Å². The summed E-state index contributed by atoms with van der Waals surface area (Å²) in [7, 11) is 0. The van der Waals surface area contributed by atoms with E-state index in [2.05, 4.69) is 10.1 Å². The number of aldehydes is 1. The van der Waals surface area contributed by atoms with Crippen molar-refractivity contribution in [3.63, 3.8) is 0 Å². The van der Waals surface area contributed by atoms with Gasteiger partial charge in [-0.05, 0) is 31.2 Å². The molecule has 0 spiro atoms. The third kappa shape index (κ3) is 5.67. The Bertz CT molecular complexity index is 441. The van der Waals surface area contributed by atoms with Crippen LogP contribution in [0, 0.1) is 0 Å². The van der Waals surface area contributed by atoms with Crippen LogP contribution in [-0.2, 0) is 14.3 Å². The van der Waals surface area contributed by atoms with Gasteiger partial charge in [-0.2, -0.15) is 0 Å². The second-order valence-electron chi connectivity index (χ2n) is 3.56. The van der Waals surface area contributed by atoms with Gasteiger partial charge in [0.15, 0.2) is 6.61 Å². The summed E-state index contributed by atoms with van der Waals surface area (Å²) in [6.07, 6.45) is 0.718. The molecule has 0 aliphatic rings. The number of benzene rings is 1. The Morgan fingerprint density at radius 1 is 1.26 bits per heavy atom. The molecule has 0 saturated carbocycles. The van der Waals surface area contributed by atoms with Crippen LogP contribution in [0.1, 0.15) is 17.3 Å². The Labute approximate surface area is 110 Å². The molecule has 0 bridgehead atoms. The van der Waals surface area contributed by atoms with Crippen molar-refractivity contribution in [2.45, 2.75) is 6.92 Å². The second kappa shape index (κ2) is 7.86. The zero-order chi connectivity index (χ0) is 14.1. The summed E-state index contributed by atoms with van der Waals surface area (Å²) in [5, 5.41) is 2.37. The quantitative estimate of drug-likeness (QED) is 0.575. The van der Waals surface area contributed by atoms with Gasteiger partial charge in [-0.3, -0.25) is 14.4 Å². The number of nitrogens with one attached hydrogen (secondary N) is 1. The number of esters is 1. The van der Waals surface area contributed by atoms with Crippen molar-refractivity contribution in [2.24, 2.45) is 0 Å². The van der Waals surface area contributed by atoms with Crippen LogP contribution in [-0.4, -0.2) is 37.9 Å². The summed E-state index contributed by atoms with van der Waals surface area (Å²) in [6.45, 7) is 1.57. The van der Waals surface area contributed by atoms with E-state index in [1.54, 1.807) is 31.2 Å². The topological polar surface area (TPSA) is 81.7 Å². The normalized spacial score (nSPS) is 9.53. The Morgan fingerprint density at radius 2 is 1.95 bits per heavy atom. The van der Waals surface area contributed by atoms with Crippen LogP contribution < -0.4 is 10.1 Å². The molecule has 0 aromatic heterocycles. The van der Waals surface area contributed by atoms with Crippen LogP contribution in [0.5, 0.6) is 5.75 Å². The number of hydrogen-bond donors (Lipinski definition) is 1. The molecule has 19 heavy (non-hydrogen) atoms. The third-order valence-corrected chi connectivity index (χ3v) is 2.12. The van der Waals surface area contributed by atoms with E-state index in [0.717, 1.165) is 6.29 Å². The van der Waals surface area contributed by atoms with Crippen molar-refractivity contribution in [3.8, 4) is 5.75 Å². The van der Waals surface area contributed by atoms with Crippen LogP contribution in [0.4, 0.5) is 0 Å². The van der Waals surface area contributed by atoms with E-state index in [-0.39, 0.29) is 19.8 Å². The Morgan fingerprint density at radius 3 is 2.53 bits per heavy atom. The lowest BCUT2D eigenvalue weighted by Gasteiger charge is -2.07. The Kier molecular flexibility index (Phi) is 6.08. The summed E-state index contributed by atoms with van der Waals surface area (Å²) in [5.41, 5.74) is 0.527. The highest BCUT2D eigenvalue weighted by molar-refractivity contribution is 5.82. The van der Waals surface area contributed by atoms with Crippen molar-refractivity contribution < 1.29 is 23.9 Å². The average molecular weight is 265 g/mol. The first-order valence-electron chi connectivity index (χ1n) is 5.76. The summed E-state index contributed by atoms with van der Waals surface area (Å²) < 4.78 is 9.83. The average Bonchev–Trinajstić information content (AvgIpc) is 2.44. The van der Waals surface area contributed by atoms with Gasteiger partial charge in [0.2, 0.25) is 0 Å². The summed E-state index contributed by atoms with van der Waals surface area (Å²) >= 11 is 0. The molecule has 0 aliphatic heterocycles. The molecule has 1 aromatic rings. The number of amides is 1. The van der Waals surface area contributed by atoms with Crippen LogP contribution >= 0.6 is 0 Å². The molecule has 0 unspecified atom stereocenters. The molecule has 0 saturated heterocycles. The molecule has 0 atom stereocenters. The zero-order valence-corrected chi connectivity index (χ0v) is 10.5. The van der Waals surface area contributed by atoms with Gasteiger partial charge >= 0.3 is 5.97 Å². The molecule has 1 aromatic carbocycles. The Hall–Kier alpha value is -2.37. The molecule has 0 fully saturated rings. The third-order valence-electron chi connectivity index (χ3n) is 2.12. The van der Waals surface area contributed by atoms with Crippen LogP contribution in [0.3, 0.4) is 0 Å². The predicted octanol–water partition coefficient (Wildman–Crippen LogP) is 0.557. The highest BCUT2D eigenvalue weighted by Crippen LogP contribution is 2.10. The maximum absolute atomic E-state index is 11.3. The van der Waals surface area contributed by atoms with Gasteiger partial charge in [-0.1, -0.05) is 0 Å². The number of carbonyl (C=O) groups excluding carboxylic acids is 3. The minimum Gasteiger partial charge on any atom is -0.484 e. The first-order chi connectivity index (χ1) is 9.15. The summed E-state index contributed by atoms with van der Waals surface area (Å²) in [4.78, 5) is 32.8. The van der Waals surface area contributed by atoms with Gasteiger partial charge in [0.1, 0.15) is 18.6 Å². The van der Waals surface area contributed by atoms with Crippen molar-refractivity contribution in [2.75, 3.05) is 19.8 Å². The smallest absolute Gasteiger partial charge is 0.325 e. The van der Waals surface area contributed by atoms with E-state index in [0.29, 0.717) is 11.3 Å². The van der Waals surface area contributed by atoms with Gasteiger partial charge < -0.3 is 14.8 Å². The Balaban J connectivity index is 2.29. The van der Waals surface area contributed by atoms with Gasteiger partial charge in [0.25, 0.3) is 5.91 Å². The maximum Gasteiger partial charge on any atom is 0.325 e. The molecular weight excluding hydrogens is 250 g/mol. The molecular formula is C13H15NO5. The highest BCUT2D eigenvalue weighted by atomic mass is 16.5. The monoisotopic (exact) mass is 265 g/mol. The maximum atomic E-state index is 11.3. The van der Waals surface area contributed by atoms with E-state index in [1.807, 2.05) is 0 Å². The molecule has 0 radical (unpaired) electrons. The van der Waals surface area contributed by atoms with Crippen molar-refractivity contribution in [1.82, 2.24) is 5.32 Å². The number of ether oxygens (including phenoxy) is 2. The lowest BCUT2D eigenvalue weighted by atomic mass is 10.2. The molecule has 0 aliphatic carbocycles. The van der Waals surface area contributed by atoms with E-state index in [1.165, 1.54) is 0 Å². The molecule has 6 nitrogen and oxygen atoms in total. The first kappa shape index (κ1) is 14.7. The SMILES string of the molecule is CCOC(=O)CNC(=O)COc1ccc(C=O)cc1.